The summed E-state index contributed by atoms with van der Waals surface area (Å²) in [5.74, 6) is -0.856. The van der Waals surface area contributed by atoms with Crippen LogP contribution in [0.15, 0.2) is 18.2 Å². The lowest BCUT2D eigenvalue weighted by Gasteiger charge is -2.12. The lowest BCUT2D eigenvalue weighted by molar-refractivity contribution is -0.128. The van der Waals surface area contributed by atoms with Gasteiger partial charge in [0.25, 0.3) is 5.91 Å². The van der Waals surface area contributed by atoms with Crippen molar-refractivity contribution in [1.82, 2.24) is 5.48 Å². The first kappa shape index (κ1) is 20.0. The zero-order valence-corrected chi connectivity index (χ0v) is 17.2. The van der Waals surface area contributed by atoms with Gasteiger partial charge in [-0.1, -0.05) is 28.4 Å². The van der Waals surface area contributed by atoms with Crippen molar-refractivity contribution in [3.8, 4) is 0 Å². The fraction of sp³-hybridized carbons (Fsp3) is 0.533. The third-order valence-electron chi connectivity index (χ3n) is 3.71. The summed E-state index contributed by atoms with van der Waals surface area (Å²) in [4.78, 5) is 15.3. The lowest BCUT2D eigenvalue weighted by atomic mass is 10.1. The number of sulfone groups is 1. The van der Waals surface area contributed by atoms with Crippen molar-refractivity contribution < 1.29 is 18.4 Å². The average molecular weight is 454 g/mol. The number of unbranched alkanes of at least 4 members (excludes halogenated alkanes) is 1. The van der Waals surface area contributed by atoms with Crippen LogP contribution < -0.4 is 5.48 Å². The van der Waals surface area contributed by atoms with Gasteiger partial charge in [-0.15, -0.1) is 23.1 Å². The Morgan fingerprint density at radius 3 is 2.79 bits per heavy atom. The van der Waals surface area contributed by atoms with Crippen molar-refractivity contribution in [2.75, 3.05) is 6.26 Å². The summed E-state index contributed by atoms with van der Waals surface area (Å²) in [6.07, 6.45) is 6.78. The maximum atomic E-state index is 11.6. The van der Waals surface area contributed by atoms with Crippen LogP contribution >= 0.6 is 39.0 Å². The number of hydrogen-bond donors (Lipinski definition) is 2. The standard InChI is InChI=1S/C15H20BrNO4S3/c1-24(20,21)13(15(18)17-19)5-3-2-4-10-6-7-11(22-10)12-8-9-14(16)23-12/h6-8,13-14,19H,2-5,9H2,1H3,(H,17,18). The Hall–Kier alpha value is -0.350. The minimum absolute atomic E-state index is 0.218. The second-order valence-corrected chi connectivity index (χ2v) is 12.0. The largest absolute Gasteiger partial charge is 0.289 e. The quantitative estimate of drug-likeness (QED) is 0.272. The molecule has 1 aromatic rings. The second kappa shape index (κ2) is 8.84. The number of amides is 1. The number of hydrogen-bond acceptors (Lipinski definition) is 6. The van der Waals surface area contributed by atoms with E-state index in [1.165, 1.54) is 20.1 Å². The van der Waals surface area contributed by atoms with Gasteiger partial charge in [-0.25, -0.2) is 13.9 Å². The highest BCUT2D eigenvalue weighted by molar-refractivity contribution is 9.11. The van der Waals surface area contributed by atoms with E-state index in [9.17, 15) is 13.2 Å². The van der Waals surface area contributed by atoms with Crippen molar-refractivity contribution in [3.63, 3.8) is 0 Å². The van der Waals surface area contributed by atoms with Crippen LogP contribution in [0.3, 0.4) is 0 Å². The second-order valence-electron chi connectivity index (χ2n) is 5.64. The highest BCUT2D eigenvalue weighted by Gasteiger charge is 2.28. The molecule has 0 spiro atoms. The Morgan fingerprint density at radius 2 is 2.21 bits per heavy atom. The summed E-state index contributed by atoms with van der Waals surface area (Å²) in [6, 6.07) is 4.24. The number of carbonyl (C=O) groups excluding carboxylic acids is 1. The lowest BCUT2D eigenvalue weighted by Crippen LogP contribution is -2.37. The van der Waals surface area contributed by atoms with Gasteiger partial charge >= 0.3 is 0 Å². The van der Waals surface area contributed by atoms with Gasteiger partial charge in [-0.2, -0.15) is 0 Å². The Bertz CT molecular complexity index is 714. The molecule has 1 aliphatic rings. The van der Waals surface area contributed by atoms with Gasteiger partial charge in [-0.05, 0) is 37.8 Å². The first-order chi connectivity index (χ1) is 11.3. The predicted octanol–water partition coefficient (Wildman–Crippen LogP) is 3.58. The van der Waals surface area contributed by atoms with Crippen LogP contribution in [-0.2, 0) is 21.1 Å². The molecule has 5 nitrogen and oxygen atoms in total. The number of halogens is 1. The molecule has 2 N–H and O–H groups in total. The summed E-state index contributed by atoms with van der Waals surface area (Å²) in [6.45, 7) is 0. The van der Waals surface area contributed by atoms with Crippen LogP contribution in [0, 0.1) is 0 Å². The molecule has 1 aromatic heterocycles. The van der Waals surface area contributed by atoms with Crippen molar-refractivity contribution >= 4 is 59.7 Å². The molecule has 2 atom stereocenters. The average Bonchev–Trinajstić information content (AvgIpc) is 3.14. The molecule has 1 aliphatic heterocycles. The number of hydroxylamine groups is 1. The van der Waals surface area contributed by atoms with Crippen molar-refractivity contribution in [2.45, 2.75) is 41.5 Å². The number of thioether (sulfide) groups is 1. The molecule has 0 aliphatic carbocycles. The molecule has 0 aromatic carbocycles. The molecule has 24 heavy (non-hydrogen) atoms. The number of rotatable bonds is 8. The number of nitrogens with one attached hydrogen (secondary N) is 1. The number of thiophene rings is 1. The van der Waals surface area contributed by atoms with E-state index in [4.69, 9.17) is 5.21 Å². The van der Waals surface area contributed by atoms with Crippen LogP contribution in [-0.4, -0.2) is 35.2 Å². The minimum atomic E-state index is -3.52. The summed E-state index contributed by atoms with van der Waals surface area (Å²) in [5.41, 5.74) is 1.44. The van der Waals surface area contributed by atoms with E-state index in [0.717, 1.165) is 25.5 Å². The van der Waals surface area contributed by atoms with Gasteiger partial charge in [0.1, 0.15) is 5.25 Å². The molecular weight excluding hydrogens is 434 g/mol. The maximum absolute atomic E-state index is 11.6. The Morgan fingerprint density at radius 1 is 1.46 bits per heavy atom. The van der Waals surface area contributed by atoms with E-state index < -0.39 is 21.0 Å². The normalized spacial score (nSPS) is 19.1. The zero-order valence-electron chi connectivity index (χ0n) is 13.2. The van der Waals surface area contributed by atoms with Crippen LogP contribution in [0.2, 0.25) is 0 Å². The molecular formula is C15H20BrNO4S3. The van der Waals surface area contributed by atoms with Gasteiger partial charge in [0.15, 0.2) is 9.84 Å². The number of carbonyl (C=O) groups is 1. The molecule has 134 valence electrons. The summed E-state index contributed by atoms with van der Waals surface area (Å²) in [5, 5.41) is 7.47. The summed E-state index contributed by atoms with van der Waals surface area (Å²) >= 11 is 7.18. The molecule has 2 rings (SSSR count). The molecule has 0 saturated carbocycles. The van der Waals surface area contributed by atoms with Crippen molar-refractivity contribution in [1.29, 1.82) is 0 Å². The van der Waals surface area contributed by atoms with E-state index >= 15 is 0 Å². The molecule has 0 fully saturated rings. The zero-order chi connectivity index (χ0) is 17.7. The molecule has 2 unspecified atom stereocenters. The topological polar surface area (TPSA) is 83.5 Å². The number of aryl methyl sites for hydroxylation is 1. The van der Waals surface area contributed by atoms with Gasteiger partial charge in [0.05, 0.1) is 4.16 Å². The van der Waals surface area contributed by atoms with Gasteiger partial charge in [0.2, 0.25) is 0 Å². The molecule has 1 amide bonds. The maximum Gasteiger partial charge on any atom is 0.261 e. The molecule has 9 heteroatoms. The van der Waals surface area contributed by atoms with E-state index in [1.54, 1.807) is 11.3 Å². The van der Waals surface area contributed by atoms with E-state index in [-0.39, 0.29) is 6.42 Å². The van der Waals surface area contributed by atoms with E-state index in [1.807, 2.05) is 11.8 Å². The first-order valence-corrected chi connectivity index (χ1v) is 12.1. The monoisotopic (exact) mass is 453 g/mol. The third-order valence-corrected chi connectivity index (χ3v) is 8.52. The Labute approximate surface area is 158 Å². The van der Waals surface area contributed by atoms with Crippen LogP contribution in [0.4, 0.5) is 0 Å². The SMILES string of the molecule is CS(=O)(=O)C(CCCCc1ccc(C2=CCC(Br)S2)s1)C(=O)NO. The van der Waals surface area contributed by atoms with Gasteiger partial charge in [-0.3, -0.25) is 10.0 Å². The summed E-state index contributed by atoms with van der Waals surface area (Å²) < 4.78 is 23.6. The third kappa shape index (κ3) is 5.59. The summed E-state index contributed by atoms with van der Waals surface area (Å²) in [7, 11) is -3.52. The van der Waals surface area contributed by atoms with Crippen LogP contribution in [0.5, 0.6) is 0 Å². The minimum Gasteiger partial charge on any atom is -0.289 e. The molecule has 0 saturated heterocycles. The highest BCUT2D eigenvalue weighted by atomic mass is 79.9. The smallest absolute Gasteiger partial charge is 0.261 e. The van der Waals surface area contributed by atoms with Crippen molar-refractivity contribution in [3.05, 3.63) is 28.0 Å². The molecule has 2 heterocycles. The van der Waals surface area contributed by atoms with Gasteiger partial charge < -0.3 is 0 Å². The van der Waals surface area contributed by atoms with E-state index in [2.05, 4.69) is 34.1 Å². The number of allylic oxidation sites excluding steroid dienone is 1. The first-order valence-electron chi connectivity index (χ1n) is 7.54. The molecule has 0 bridgehead atoms. The van der Waals surface area contributed by atoms with Crippen molar-refractivity contribution in [2.24, 2.45) is 0 Å². The fourth-order valence-corrected chi connectivity index (χ4v) is 6.40. The Balaban J connectivity index is 1.82. The van der Waals surface area contributed by atoms with Crippen LogP contribution in [0.25, 0.3) is 4.91 Å². The highest BCUT2D eigenvalue weighted by Crippen LogP contribution is 2.44. The Kier molecular flexibility index (Phi) is 7.36. The number of alkyl halides is 1. The van der Waals surface area contributed by atoms with Gasteiger partial charge in [0, 0.05) is 20.9 Å². The fourth-order valence-electron chi connectivity index (χ4n) is 2.48. The molecule has 0 radical (unpaired) electrons. The van der Waals surface area contributed by atoms with E-state index in [0.29, 0.717) is 10.6 Å². The van der Waals surface area contributed by atoms with Crippen LogP contribution in [0.1, 0.15) is 35.4 Å². The predicted molar refractivity (Wildman–Crippen MR) is 103 cm³/mol.